The Kier molecular flexibility index (Phi) is 7.79. The number of halogens is 1. The minimum absolute atomic E-state index is 0.00276. The average Bonchev–Trinajstić information content (AvgIpc) is 2.62. The largest absolute Gasteiger partial charge is 0.493 e. The van der Waals surface area contributed by atoms with Crippen LogP contribution in [-0.2, 0) is 4.79 Å². The number of hydrogen-bond acceptors (Lipinski definition) is 3. The number of amides is 1. The van der Waals surface area contributed by atoms with E-state index in [1.165, 1.54) is 5.69 Å². The highest BCUT2D eigenvalue weighted by Crippen LogP contribution is 2.22. The van der Waals surface area contributed by atoms with Crippen molar-refractivity contribution in [3.05, 3.63) is 53.1 Å². The molecule has 0 aliphatic rings. The van der Waals surface area contributed by atoms with Crippen molar-refractivity contribution in [1.82, 2.24) is 0 Å². The Hall–Kier alpha value is -2.20. The molecular formula is C21H27ClN2O2. The topological polar surface area (TPSA) is 41.6 Å². The molecule has 0 radical (unpaired) electrons. The van der Waals surface area contributed by atoms with Gasteiger partial charge in [-0.1, -0.05) is 11.6 Å². The van der Waals surface area contributed by atoms with Crippen molar-refractivity contribution in [3.8, 4) is 5.75 Å². The number of carbonyl (C=O) groups is 1. The molecule has 2 rings (SSSR count). The highest BCUT2D eigenvalue weighted by Gasteiger charge is 2.06. The lowest BCUT2D eigenvalue weighted by Gasteiger charge is -2.21. The maximum Gasteiger partial charge on any atom is 0.224 e. The molecule has 0 unspecified atom stereocenters. The third-order valence-electron chi connectivity index (χ3n) is 4.22. The Balaban J connectivity index is 1.74. The molecule has 0 saturated heterocycles. The van der Waals surface area contributed by atoms with Crippen molar-refractivity contribution in [2.45, 2.75) is 33.6 Å². The molecule has 1 amide bonds. The van der Waals surface area contributed by atoms with Crippen LogP contribution in [-0.4, -0.2) is 25.6 Å². The number of aryl methyl sites for hydroxylation is 1. The summed E-state index contributed by atoms with van der Waals surface area (Å²) >= 11 is 5.93. The summed E-state index contributed by atoms with van der Waals surface area (Å²) in [5, 5.41) is 3.63. The molecule has 0 bridgehead atoms. The molecule has 140 valence electrons. The molecule has 0 aliphatic carbocycles. The van der Waals surface area contributed by atoms with Crippen LogP contribution >= 0.6 is 11.6 Å². The van der Waals surface area contributed by atoms with Crippen molar-refractivity contribution in [1.29, 1.82) is 0 Å². The molecule has 0 heterocycles. The smallest absolute Gasteiger partial charge is 0.224 e. The standard InChI is InChI=1S/C21H27ClN2O2/c1-4-24(5-2)19-11-9-18(10-12-19)23-21(25)7-6-14-26-20-13-8-17(22)15-16(20)3/h8-13,15H,4-7,14H2,1-3H3,(H,23,25). The van der Waals surface area contributed by atoms with Gasteiger partial charge in [-0.25, -0.2) is 0 Å². The fourth-order valence-electron chi connectivity index (χ4n) is 2.76. The molecule has 2 aromatic carbocycles. The molecule has 0 atom stereocenters. The van der Waals surface area contributed by atoms with Gasteiger partial charge in [0.1, 0.15) is 5.75 Å². The van der Waals surface area contributed by atoms with Crippen molar-refractivity contribution in [2.24, 2.45) is 0 Å². The maximum atomic E-state index is 12.1. The first kappa shape index (κ1) is 20.1. The lowest BCUT2D eigenvalue weighted by atomic mass is 10.2. The van der Waals surface area contributed by atoms with E-state index in [9.17, 15) is 4.79 Å². The number of nitrogens with one attached hydrogen (secondary N) is 1. The van der Waals surface area contributed by atoms with Crippen LogP contribution < -0.4 is 15.0 Å². The second kappa shape index (κ2) is 10.1. The van der Waals surface area contributed by atoms with Gasteiger partial charge in [0.05, 0.1) is 6.61 Å². The second-order valence-electron chi connectivity index (χ2n) is 6.13. The lowest BCUT2D eigenvalue weighted by molar-refractivity contribution is -0.116. The van der Waals surface area contributed by atoms with Crippen LogP contribution in [0.25, 0.3) is 0 Å². The quantitative estimate of drug-likeness (QED) is 0.606. The van der Waals surface area contributed by atoms with Gasteiger partial charge in [-0.15, -0.1) is 0 Å². The molecular weight excluding hydrogens is 348 g/mol. The summed E-state index contributed by atoms with van der Waals surface area (Å²) in [7, 11) is 0. The van der Waals surface area contributed by atoms with E-state index in [0.29, 0.717) is 24.5 Å². The van der Waals surface area contributed by atoms with Crippen LogP contribution in [0.2, 0.25) is 5.02 Å². The van der Waals surface area contributed by atoms with Crippen LogP contribution in [0.4, 0.5) is 11.4 Å². The van der Waals surface area contributed by atoms with E-state index in [1.807, 2.05) is 43.3 Å². The lowest BCUT2D eigenvalue weighted by Crippen LogP contribution is -2.21. The minimum atomic E-state index is -0.00276. The van der Waals surface area contributed by atoms with Gasteiger partial charge in [0.2, 0.25) is 5.91 Å². The molecule has 0 saturated carbocycles. The van der Waals surface area contributed by atoms with Gasteiger partial charge >= 0.3 is 0 Å². The van der Waals surface area contributed by atoms with E-state index in [0.717, 1.165) is 30.1 Å². The highest BCUT2D eigenvalue weighted by molar-refractivity contribution is 6.30. The average molecular weight is 375 g/mol. The van der Waals surface area contributed by atoms with Crippen LogP contribution in [0.1, 0.15) is 32.3 Å². The SMILES string of the molecule is CCN(CC)c1ccc(NC(=O)CCCOc2ccc(Cl)cc2C)cc1. The van der Waals surface area contributed by atoms with E-state index in [-0.39, 0.29) is 5.91 Å². The fraction of sp³-hybridized carbons (Fsp3) is 0.381. The Morgan fingerprint density at radius 3 is 2.42 bits per heavy atom. The van der Waals surface area contributed by atoms with Crippen molar-refractivity contribution in [2.75, 3.05) is 29.9 Å². The second-order valence-corrected chi connectivity index (χ2v) is 6.57. The van der Waals surface area contributed by atoms with Gasteiger partial charge in [0, 0.05) is 35.9 Å². The minimum Gasteiger partial charge on any atom is -0.493 e. The predicted molar refractivity (Wildman–Crippen MR) is 110 cm³/mol. The fourth-order valence-corrected chi connectivity index (χ4v) is 2.98. The predicted octanol–water partition coefficient (Wildman–Crippen LogP) is 5.29. The Morgan fingerprint density at radius 1 is 1.12 bits per heavy atom. The summed E-state index contributed by atoms with van der Waals surface area (Å²) in [6.45, 7) is 8.65. The van der Waals surface area contributed by atoms with Crippen LogP contribution in [0.15, 0.2) is 42.5 Å². The molecule has 1 N–H and O–H groups in total. The van der Waals surface area contributed by atoms with Crippen molar-refractivity contribution >= 4 is 28.9 Å². The molecule has 0 aliphatic heterocycles. The summed E-state index contributed by atoms with van der Waals surface area (Å²) in [4.78, 5) is 14.3. The van der Waals surface area contributed by atoms with Gasteiger partial charge in [-0.2, -0.15) is 0 Å². The number of benzene rings is 2. The summed E-state index contributed by atoms with van der Waals surface area (Å²) in [6, 6.07) is 13.5. The Morgan fingerprint density at radius 2 is 1.81 bits per heavy atom. The van der Waals surface area contributed by atoms with E-state index >= 15 is 0 Å². The normalized spacial score (nSPS) is 10.5. The molecule has 5 heteroatoms. The summed E-state index contributed by atoms with van der Waals surface area (Å²) in [5.74, 6) is 0.804. The van der Waals surface area contributed by atoms with E-state index in [2.05, 4.69) is 24.1 Å². The van der Waals surface area contributed by atoms with Gasteiger partial charge in [-0.3, -0.25) is 4.79 Å². The zero-order valence-electron chi connectivity index (χ0n) is 15.7. The number of rotatable bonds is 9. The third-order valence-corrected chi connectivity index (χ3v) is 4.46. The molecule has 0 fully saturated rings. The first-order valence-electron chi connectivity index (χ1n) is 9.07. The van der Waals surface area contributed by atoms with Gasteiger partial charge in [-0.05, 0) is 75.2 Å². The first-order chi connectivity index (χ1) is 12.5. The van der Waals surface area contributed by atoms with E-state index in [1.54, 1.807) is 6.07 Å². The number of carbonyl (C=O) groups excluding carboxylic acids is 1. The van der Waals surface area contributed by atoms with Crippen molar-refractivity contribution < 1.29 is 9.53 Å². The number of hydrogen-bond donors (Lipinski definition) is 1. The van der Waals surface area contributed by atoms with E-state index in [4.69, 9.17) is 16.3 Å². The summed E-state index contributed by atoms with van der Waals surface area (Å²) in [6.07, 6.45) is 1.08. The Bertz CT molecular complexity index is 712. The van der Waals surface area contributed by atoms with Crippen LogP contribution in [0.5, 0.6) is 5.75 Å². The van der Waals surface area contributed by atoms with Gasteiger partial charge < -0.3 is 15.0 Å². The van der Waals surface area contributed by atoms with Crippen LogP contribution in [0, 0.1) is 6.92 Å². The first-order valence-corrected chi connectivity index (χ1v) is 9.45. The number of anilines is 2. The van der Waals surface area contributed by atoms with Gasteiger partial charge in [0.25, 0.3) is 0 Å². The summed E-state index contributed by atoms with van der Waals surface area (Å²) < 4.78 is 5.72. The van der Waals surface area contributed by atoms with E-state index < -0.39 is 0 Å². The zero-order valence-corrected chi connectivity index (χ0v) is 16.5. The molecule has 2 aromatic rings. The highest BCUT2D eigenvalue weighted by atomic mass is 35.5. The molecule has 0 spiro atoms. The zero-order chi connectivity index (χ0) is 18.9. The van der Waals surface area contributed by atoms with Gasteiger partial charge in [0.15, 0.2) is 0 Å². The molecule has 0 aromatic heterocycles. The molecule has 4 nitrogen and oxygen atoms in total. The number of ether oxygens (including phenoxy) is 1. The van der Waals surface area contributed by atoms with Crippen LogP contribution in [0.3, 0.4) is 0 Å². The molecule has 26 heavy (non-hydrogen) atoms. The van der Waals surface area contributed by atoms with Crippen molar-refractivity contribution in [3.63, 3.8) is 0 Å². The number of nitrogens with zero attached hydrogens (tertiary/aromatic N) is 1. The Labute approximate surface area is 161 Å². The summed E-state index contributed by atoms with van der Waals surface area (Å²) in [5.41, 5.74) is 2.98. The third kappa shape index (κ3) is 5.95. The maximum absolute atomic E-state index is 12.1. The monoisotopic (exact) mass is 374 g/mol.